The van der Waals surface area contributed by atoms with Crippen molar-refractivity contribution in [1.29, 1.82) is 0 Å². The van der Waals surface area contributed by atoms with Gasteiger partial charge < -0.3 is 9.88 Å². The molecule has 3 heterocycles. The Kier molecular flexibility index (Phi) is 3.97. The number of amides is 1. The van der Waals surface area contributed by atoms with Crippen LogP contribution in [0.25, 0.3) is 0 Å². The summed E-state index contributed by atoms with van der Waals surface area (Å²) in [5.74, 6) is 1.38. The van der Waals surface area contributed by atoms with Crippen LogP contribution in [0.15, 0.2) is 29.9 Å². The van der Waals surface area contributed by atoms with Crippen LogP contribution < -0.4 is 5.32 Å². The van der Waals surface area contributed by atoms with Crippen molar-refractivity contribution in [2.45, 2.75) is 62.9 Å². The van der Waals surface area contributed by atoms with Crippen LogP contribution in [0, 0.1) is 0 Å². The number of nitrogens with zero attached hydrogens (tertiary/aromatic N) is 2. The molecular formula is C18H23N3OS. The fourth-order valence-electron chi connectivity index (χ4n) is 4.10. The minimum atomic E-state index is -0.290. The summed E-state index contributed by atoms with van der Waals surface area (Å²) in [5, 5.41) is 5.46. The lowest BCUT2D eigenvalue weighted by Gasteiger charge is -2.37. The smallest absolute Gasteiger partial charge is 0.231 e. The third-order valence-corrected chi connectivity index (χ3v) is 6.48. The summed E-state index contributed by atoms with van der Waals surface area (Å²) in [6, 6.07) is 4.44. The maximum absolute atomic E-state index is 13.2. The van der Waals surface area contributed by atoms with Crippen molar-refractivity contribution < 1.29 is 4.79 Å². The normalized spacial score (nSPS) is 23.2. The lowest BCUT2D eigenvalue weighted by Crippen LogP contribution is -2.51. The minimum Gasteiger partial charge on any atom is -0.351 e. The third-order valence-electron chi connectivity index (χ3n) is 5.41. The topological polar surface area (TPSA) is 46.9 Å². The molecule has 4 nitrogen and oxygen atoms in total. The number of aryl methyl sites for hydroxylation is 1. The average molecular weight is 329 g/mol. The summed E-state index contributed by atoms with van der Waals surface area (Å²) in [6.45, 7) is 0.849. The highest BCUT2D eigenvalue weighted by Crippen LogP contribution is 2.42. The van der Waals surface area contributed by atoms with E-state index in [0.29, 0.717) is 0 Å². The molecule has 122 valence electrons. The molecule has 4 rings (SSSR count). The predicted octanol–water partition coefficient (Wildman–Crippen LogP) is 3.28. The predicted molar refractivity (Wildman–Crippen MR) is 91.6 cm³/mol. The number of thiophene rings is 1. The van der Waals surface area contributed by atoms with Crippen molar-refractivity contribution in [3.8, 4) is 0 Å². The summed E-state index contributed by atoms with van der Waals surface area (Å²) < 4.78 is 2.17. The molecule has 2 aromatic heterocycles. The van der Waals surface area contributed by atoms with Crippen molar-refractivity contribution >= 4 is 17.2 Å². The number of carbonyl (C=O) groups is 1. The highest BCUT2D eigenvalue weighted by atomic mass is 32.1. The van der Waals surface area contributed by atoms with Crippen molar-refractivity contribution in [3.05, 3.63) is 40.6 Å². The molecule has 1 amide bonds. The van der Waals surface area contributed by atoms with Gasteiger partial charge in [-0.2, -0.15) is 0 Å². The molecule has 1 N–H and O–H groups in total. The molecule has 2 aliphatic rings. The van der Waals surface area contributed by atoms with Gasteiger partial charge >= 0.3 is 0 Å². The molecule has 0 spiro atoms. The summed E-state index contributed by atoms with van der Waals surface area (Å²) >= 11 is 1.73. The Bertz CT molecular complexity index is 670. The standard InChI is InChI=1S/C18H23N3OS/c22-17(20-14-6-7-16-19-10-11-21(16)13-14)18(8-2-1-3-9-18)15-5-4-12-23-15/h4-5,10-12,14H,1-3,6-9,13H2,(H,20,22)/t14-/m1/s1. The molecule has 0 aromatic carbocycles. The van der Waals surface area contributed by atoms with Crippen LogP contribution in [0.4, 0.5) is 0 Å². The highest BCUT2D eigenvalue weighted by Gasteiger charge is 2.42. The Morgan fingerprint density at radius 1 is 1.35 bits per heavy atom. The molecule has 5 heteroatoms. The molecule has 1 atom stereocenters. The first-order chi connectivity index (χ1) is 11.3. The largest absolute Gasteiger partial charge is 0.351 e. The van der Waals surface area contributed by atoms with Gasteiger partial charge in [0.2, 0.25) is 5.91 Å². The van der Waals surface area contributed by atoms with Crippen LogP contribution >= 0.6 is 11.3 Å². The molecule has 0 bridgehead atoms. The zero-order chi connectivity index (χ0) is 15.7. The number of hydrogen-bond donors (Lipinski definition) is 1. The number of rotatable bonds is 3. The molecule has 23 heavy (non-hydrogen) atoms. The summed E-state index contributed by atoms with van der Waals surface area (Å²) in [7, 11) is 0. The second-order valence-corrected chi connectivity index (χ2v) is 7.77. The van der Waals surface area contributed by atoms with Crippen molar-refractivity contribution in [1.82, 2.24) is 14.9 Å². The van der Waals surface area contributed by atoms with Crippen LogP contribution in [0.1, 0.15) is 49.2 Å². The van der Waals surface area contributed by atoms with Gasteiger partial charge in [0.15, 0.2) is 0 Å². The molecule has 1 fully saturated rings. The second-order valence-electron chi connectivity index (χ2n) is 6.82. The monoisotopic (exact) mass is 329 g/mol. The molecular weight excluding hydrogens is 306 g/mol. The van der Waals surface area contributed by atoms with Crippen LogP contribution in [0.2, 0.25) is 0 Å². The Morgan fingerprint density at radius 3 is 3.00 bits per heavy atom. The summed E-state index contributed by atoms with van der Waals surface area (Å²) in [5.41, 5.74) is -0.290. The fourth-order valence-corrected chi connectivity index (χ4v) is 5.08. The molecule has 1 saturated carbocycles. The first-order valence-electron chi connectivity index (χ1n) is 8.63. The first kappa shape index (κ1) is 14.9. The van der Waals surface area contributed by atoms with Crippen molar-refractivity contribution in [2.24, 2.45) is 0 Å². The lowest BCUT2D eigenvalue weighted by molar-refractivity contribution is -0.128. The average Bonchev–Trinajstić information content (AvgIpc) is 3.27. The van der Waals surface area contributed by atoms with Crippen molar-refractivity contribution in [2.75, 3.05) is 0 Å². The molecule has 1 aliphatic heterocycles. The maximum Gasteiger partial charge on any atom is 0.231 e. The maximum atomic E-state index is 13.2. The van der Waals surface area contributed by atoms with E-state index < -0.39 is 0 Å². The summed E-state index contributed by atoms with van der Waals surface area (Å²) in [4.78, 5) is 18.8. The Hall–Kier alpha value is -1.62. The van der Waals surface area contributed by atoms with E-state index >= 15 is 0 Å². The van der Waals surface area contributed by atoms with Crippen LogP contribution in [0.3, 0.4) is 0 Å². The number of nitrogens with one attached hydrogen (secondary N) is 1. The van der Waals surface area contributed by atoms with Gasteiger partial charge in [0, 0.05) is 36.3 Å². The minimum absolute atomic E-state index is 0.225. The van der Waals surface area contributed by atoms with E-state index in [4.69, 9.17) is 0 Å². The number of aromatic nitrogens is 2. The number of carbonyl (C=O) groups excluding carboxylic acids is 1. The zero-order valence-corrected chi connectivity index (χ0v) is 14.1. The van der Waals surface area contributed by atoms with E-state index in [-0.39, 0.29) is 17.4 Å². The van der Waals surface area contributed by atoms with Gasteiger partial charge in [-0.25, -0.2) is 4.98 Å². The third kappa shape index (κ3) is 2.71. The van der Waals surface area contributed by atoms with E-state index in [9.17, 15) is 4.79 Å². The molecule has 0 unspecified atom stereocenters. The molecule has 0 radical (unpaired) electrons. The van der Waals surface area contributed by atoms with Gasteiger partial charge in [-0.1, -0.05) is 25.3 Å². The Balaban J connectivity index is 1.52. The van der Waals surface area contributed by atoms with E-state index in [2.05, 4.69) is 32.4 Å². The highest BCUT2D eigenvalue weighted by molar-refractivity contribution is 7.10. The quantitative estimate of drug-likeness (QED) is 0.939. The number of hydrogen-bond acceptors (Lipinski definition) is 3. The lowest BCUT2D eigenvalue weighted by atomic mass is 9.72. The number of imidazole rings is 1. The van der Waals surface area contributed by atoms with E-state index in [0.717, 1.165) is 50.9 Å². The van der Waals surface area contributed by atoms with Gasteiger partial charge in [0.25, 0.3) is 0 Å². The Morgan fingerprint density at radius 2 is 2.22 bits per heavy atom. The van der Waals surface area contributed by atoms with Gasteiger partial charge in [0.1, 0.15) is 5.82 Å². The van der Waals surface area contributed by atoms with E-state index in [1.165, 1.54) is 11.3 Å². The van der Waals surface area contributed by atoms with Gasteiger partial charge in [-0.05, 0) is 30.7 Å². The van der Waals surface area contributed by atoms with Crippen LogP contribution in [-0.4, -0.2) is 21.5 Å². The van der Waals surface area contributed by atoms with Gasteiger partial charge in [0.05, 0.1) is 5.41 Å². The summed E-state index contributed by atoms with van der Waals surface area (Å²) in [6.07, 6.45) is 11.3. The molecule has 0 saturated heterocycles. The first-order valence-corrected chi connectivity index (χ1v) is 9.51. The zero-order valence-electron chi connectivity index (χ0n) is 13.3. The van der Waals surface area contributed by atoms with Gasteiger partial charge in [-0.3, -0.25) is 4.79 Å². The van der Waals surface area contributed by atoms with E-state index in [1.807, 2.05) is 12.4 Å². The van der Waals surface area contributed by atoms with Crippen LogP contribution in [0.5, 0.6) is 0 Å². The second kappa shape index (κ2) is 6.11. The van der Waals surface area contributed by atoms with E-state index in [1.54, 1.807) is 11.3 Å². The molecule has 1 aliphatic carbocycles. The fraction of sp³-hybridized carbons (Fsp3) is 0.556. The van der Waals surface area contributed by atoms with Gasteiger partial charge in [-0.15, -0.1) is 11.3 Å². The SMILES string of the molecule is O=C(N[C@@H]1CCc2nccn2C1)C1(c2cccs2)CCCCC1. The number of fused-ring (bicyclic) bond motifs is 1. The molecule has 2 aromatic rings. The Labute approximate surface area is 140 Å². The van der Waals surface area contributed by atoms with Crippen LogP contribution in [-0.2, 0) is 23.2 Å². The van der Waals surface area contributed by atoms with Crippen molar-refractivity contribution in [3.63, 3.8) is 0 Å².